The van der Waals surface area contributed by atoms with Crippen LogP contribution < -0.4 is 5.32 Å². The highest BCUT2D eigenvalue weighted by molar-refractivity contribution is 7.21. The van der Waals surface area contributed by atoms with Gasteiger partial charge in [0, 0.05) is 11.0 Å². The first-order valence-electron chi connectivity index (χ1n) is 7.23. The third-order valence-corrected chi connectivity index (χ3v) is 5.47. The summed E-state index contributed by atoms with van der Waals surface area (Å²) in [7, 11) is 0. The number of aryl methyl sites for hydroxylation is 1. The van der Waals surface area contributed by atoms with Crippen molar-refractivity contribution in [1.29, 1.82) is 0 Å². The molecule has 116 valence electrons. The van der Waals surface area contributed by atoms with Crippen molar-refractivity contribution in [1.82, 2.24) is 10.3 Å². The molecule has 1 aromatic carbocycles. The van der Waals surface area contributed by atoms with E-state index in [0.717, 1.165) is 21.1 Å². The number of hydrogen-bond acceptors (Lipinski definition) is 4. The van der Waals surface area contributed by atoms with E-state index in [1.54, 1.807) is 28.7 Å². The van der Waals surface area contributed by atoms with Gasteiger partial charge in [-0.1, -0.05) is 36.4 Å². The number of rotatable bonds is 5. The summed E-state index contributed by atoms with van der Waals surface area (Å²) in [5.41, 5.74) is 1.99. The van der Waals surface area contributed by atoms with Gasteiger partial charge in [0.15, 0.2) is 0 Å². The molecule has 0 saturated heterocycles. The van der Waals surface area contributed by atoms with Crippen molar-refractivity contribution in [3.05, 3.63) is 70.1 Å². The molecule has 3 aromatic rings. The molecule has 1 N–H and O–H groups in total. The summed E-state index contributed by atoms with van der Waals surface area (Å²) in [5.74, 6) is -0.0978. The molecular weight excluding hydrogens is 324 g/mol. The summed E-state index contributed by atoms with van der Waals surface area (Å²) in [6.45, 7) is 2.49. The smallest absolute Gasteiger partial charge is 0.244 e. The highest BCUT2D eigenvalue weighted by Crippen LogP contribution is 2.30. The Morgan fingerprint density at radius 3 is 2.78 bits per heavy atom. The first-order valence-corrected chi connectivity index (χ1v) is 8.93. The normalized spacial score (nSPS) is 11.0. The van der Waals surface area contributed by atoms with Crippen LogP contribution in [0.1, 0.15) is 16.1 Å². The van der Waals surface area contributed by atoms with E-state index in [1.165, 1.54) is 4.88 Å². The van der Waals surface area contributed by atoms with E-state index in [1.807, 2.05) is 54.8 Å². The summed E-state index contributed by atoms with van der Waals surface area (Å²) in [6, 6.07) is 13.9. The second-order valence-corrected chi connectivity index (χ2v) is 7.00. The Balaban J connectivity index is 1.60. The van der Waals surface area contributed by atoms with Gasteiger partial charge in [0.25, 0.3) is 0 Å². The van der Waals surface area contributed by atoms with Crippen molar-refractivity contribution in [3.8, 4) is 9.88 Å². The predicted molar refractivity (Wildman–Crippen MR) is 97.5 cm³/mol. The Morgan fingerprint density at radius 1 is 1.22 bits per heavy atom. The van der Waals surface area contributed by atoms with Gasteiger partial charge >= 0.3 is 0 Å². The van der Waals surface area contributed by atoms with E-state index in [2.05, 4.69) is 16.4 Å². The first kappa shape index (κ1) is 15.6. The molecule has 0 aliphatic carbocycles. The lowest BCUT2D eigenvalue weighted by molar-refractivity contribution is -0.116. The van der Waals surface area contributed by atoms with Crippen LogP contribution in [0.3, 0.4) is 0 Å². The third kappa shape index (κ3) is 4.15. The molecule has 0 fully saturated rings. The average Bonchev–Trinajstić information content (AvgIpc) is 3.21. The number of carbonyl (C=O) groups is 1. The molecule has 0 atom stereocenters. The molecule has 0 aliphatic heterocycles. The van der Waals surface area contributed by atoms with E-state index in [4.69, 9.17) is 0 Å². The Morgan fingerprint density at radius 2 is 2.04 bits per heavy atom. The molecule has 0 unspecified atom stereocenters. The summed E-state index contributed by atoms with van der Waals surface area (Å²) in [6.07, 6.45) is 3.37. The number of amides is 1. The van der Waals surface area contributed by atoms with Gasteiger partial charge in [-0.05, 0) is 30.0 Å². The van der Waals surface area contributed by atoms with Gasteiger partial charge in [0.2, 0.25) is 5.91 Å². The van der Waals surface area contributed by atoms with E-state index < -0.39 is 0 Å². The summed E-state index contributed by atoms with van der Waals surface area (Å²) in [5, 5.41) is 5.98. The average molecular weight is 340 g/mol. The van der Waals surface area contributed by atoms with Crippen LogP contribution in [0.4, 0.5) is 0 Å². The monoisotopic (exact) mass is 340 g/mol. The zero-order chi connectivity index (χ0) is 16.1. The maximum absolute atomic E-state index is 11.9. The van der Waals surface area contributed by atoms with Gasteiger partial charge in [0.05, 0.1) is 17.1 Å². The van der Waals surface area contributed by atoms with Gasteiger partial charge in [-0.25, -0.2) is 4.98 Å². The zero-order valence-corrected chi connectivity index (χ0v) is 14.3. The van der Waals surface area contributed by atoms with Gasteiger partial charge < -0.3 is 5.32 Å². The van der Waals surface area contributed by atoms with Crippen molar-refractivity contribution in [3.63, 3.8) is 0 Å². The van der Waals surface area contributed by atoms with Crippen molar-refractivity contribution in [2.75, 3.05) is 0 Å². The topological polar surface area (TPSA) is 42.0 Å². The van der Waals surface area contributed by atoms with Crippen molar-refractivity contribution in [2.24, 2.45) is 0 Å². The molecule has 5 heteroatoms. The molecule has 0 aliphatic rings. The predicted octanol–water partition coefficient (Wildman–Crippen LogP) is 4.51. The van der Waals surface area contributed by atoms with Crippen LogP contribution >= 0.6 is 22.7 Å². The minimum Gasteiger partial charge on any atom is -0.348 e. The van der Waals surface area contributed by atoms with Crippen molar-refractivity contribution < 1.29 is 4.79 Å². The molecular formula is C18H16N2OS2. The number of nitrogens with one attached hydrogen (secondary N) is 1. The minimum atomic E-state index is -0.0978. The number of hydrogen-bond donors (Lipinski definition) is 1. The molecule has 0 saturated carbocycles. The lowest BCUT2D eigenvalue weighted by Crippen LogP contribution is -2.20. The van der Waals surface area contributed by atoms with Crippen LogP contribution in [0, 0.1) is 6.92 Å². The molecule has 1 amide bonds. The second-order valence-electron chi connectivity index (χ2n) is 4.97. The second kappa shape index (κ2) is 7.35. The Kier molecular flexibility index (Phi) is 5.00. The van der Waals surface area contributed by atoms with Crippen molar-refractivity contribution >= 4 is 34.7 Å². The molecule has 3 rings (SSSR count). The van der Waals surface area contributed by atoms with E-state index >= 15 is 0 Å². The van der Waals surface area contributed by atoms with Crippen LogP contribution in [0.25, 0.3) is 16.0 Å². The number of thiazole rings is 1. The standard InChI is InChI=1S/C18H16N2OS2/c1-13-16(23-18(20-13)15-8-5-11-22-15)12-19-17(21)10-9-14-6-3-2-4-7-14/h2-11H,12H2,1H3,(H,19,21)/b10-9+. The summed E-state index contributed by atoms with van der Waals surface area (Å²) in [4.78, 5) is 18.8. The fourth-order valence-electron chi connectivity index (χ4n) is 2.06. The minimum absolute atomic E-state index is 0.0978. The molecule has 0 spiro atoms. The number of aromatic nitrogens is 1. The summed E-state index contributed by atoms with van der Waals surface area (Å²) < 4.78 is 0. The van der Waals surface area contributed by atoms with E-state index in [9.17, 15) is 4.79 Å². The zero-order valence-electron chi connectivity index (χ0n) is 12.7. The van der Waals surface area contributed by atoms with Crippen LogP contribution in [0.5, 0.6) is 0 Å². The fraction of sp³-hybridized carbons (Fsp3) is 0.111. The molecule has 0 bridgehead atoms. The SMILES string of the molecule is Cc1nc(-c2cccs2)sc1CNC(=O)/C=C/c1ccccc1. The van der Waals surface area contributed by atoms with Crippen LogP contribution in [0.2, 0.25) is 0 Å². The maximum atomic E-state index is 11.9. The van der Waals surface area contributed by atoms with Gasteiger partial charge in [-0.3, -0.25) is 4.79 Å². The third-order valence-electron chi connectivity index (χ3n) is 3.27. The van der Waals surface area contributed by atoms with Gasteiger partial charge in [-0.15, -0.1) is 22.7 Å². The Bertz CT molecular complexity index is 805. The summed E-state index contributed by atoms with van der Waals surface area (Å²) >= 11 is 3.31. The Labute approximate surface area is 143 Å². The van der Waals surface area contributed by atoms with Crippen molar-refractivity contribution in [2.45, 2.75) is 13.5 Å². The molecule has 23 heavy (non-hydrogen) atoms. The number of nitrogens with zero attached hydrogens (tertiary/aromatic N) is 1. The molecule has 2 heterocycles. The number of benzene rings is 1. The first-order chi connectivity index (χ1) is 11.2. The van der Waals surface area contributed by atoms with Gasteiger partial charge in [0.1, 0.15) is 5.01 Å². The number of carbonyl (C=O) groups excluding carboxylic acids is 1. The maximum Gasteiger partial charge on any atom is 0.244 e. The molecule has 0 radical (unpaired) electrons. The number of thiophene rings is 1. The van der Waals surface area contributed by atoms with Gasteiger partial charge in [-0.2, -0.15) is 0 Å². The highest BCUT2D eigenvalue weighted by atomic mass is 32.1. The largest absolute Gasteiger partial charge is 0.348 e. The molecule has 3 nitrogen and oxygen atoms in total. The van der Waals surface area contributed by atoms with Crippen LogP contribution in [-0.2, 0) is 11.3 Å². The van der Waals surface area contributed by atoms with Crippen LogP contribution in [0.15, 0.2) is 53.9 Å². The quantitative estimate of drug-likeness (QED) is 0.694. The Hall–Kier alpha value is -2.24. The van der Waals surface area contributed by atoms with E-state index in [0.29, 0.717) is 6.54 Å². The lowest BCUT2D eigenvalue weighted by atomic mass is 10.2. The van der Waals surface area contributed by atoms with E-state index in [-0.39, 0.29) is 5.91 Å². The fourth-order valence-corrected chi connectivity index (χ4v) is 3.86. The lowest BCUT2D eigenvalue weighted by Gasteiger charge is -2.00. The molecule has 2 aromatic heterocycles. The highest BCUT2D eigenvalue weighted by Gasteiger charge is 2.10. The van der Waals surface area contributed by atoms with Crippen LogP contribution in [-0.4, -0.2) is 10.9 Å².